The summed E-state index contributed by atoms with van der Waals surface area (Å²) < 4.78 is 20.4. The zero-order valence-electron chi connectivity index (χ0n) is 17.6. The van der Waals surface area contributed by atoms with Crippen molar-refractivity contribution in [2.45, 2.75) is 25.3 Å². The second-order valence-corrected chi connectivity index (χ2v) is 8.56. The quantitative estimate of drug-likeness (QED) is 0.444. The van der Waals surface area contributed by atoms with Crippen LogP contribution in [0.5, 0.6) is 0 Å². The molecule has 0 aliphatic carbocycles. The van der Waals surface area contributed by atoms with E-state index in [0.717, 1.165) is 21.8 Å². The van der Waals surface area contributed by atoms with Crippen LogP contribution in [0.1, 0.15) is 37.7 Å². The average Bonchev–Trinajstić information content (AvgIpc) is 3.06. The van der Waals surface area contributed by atoms with Gasteiger partial charge in [0, 0.05) is 28.4 Å². The Bertz CT molecular complexity index is 1220. The van der Waals surface area contributed by atoms with E-state index in [4.69, 9.17) is 4.74 Å². The average molecular weight is 453 g/mol. The largest absolute Gasteiger partial charge is 0.454 e. The fourth-order valence-electron chi connectivity index (χ4n) is 3.60. The van der Waals surface area contributed by atoms with Crippen molar-refractivity contribution in [3.05, 3.63) is 82.4 Å². The molecule has 0 radical (unpaired) electrons. The van der Waals surface area contributed by atoms with Gasteiger partial charge < -0.3 is 14.6 Å². The first-order valence-electron chi connectivity index (χ1n) is 10.00. The number of hydrogen-bond donors (Lipinski definition) is 1. The minimum absolute atomic E-state index is 0.126. The first-order chi connectivity index (χ1) is 15.3. The standard InChI is InChI=1S/C24H21FN2O4S/c1-14-9-19(15(2)27(14)11-16-3-6-18(25)7-4-16)21(28)12-31-24(30)17-5-8-22-20(10-17)26-23(29)13-32-22/h3-10H,11-13H2,1-2H3,(H,26,29). The Hall–Kier alpha value is -3.39. The molecule has 1 aliphatic rings. The van der Waals surface area contributed by atoms with Crippen LogP contribution in [0.3, 0.4) is 0 Å². The van der Waals surface area contributed by atoms with E-state index >= 15 is 0 Å². The molecule has 0 saturated carbocycles. The van der Waals surface area contributed by atoms with Gasteiger partial charge in [-0.1, -0.05) is 12.1 Å². The van der Waals surface area contributed by atoms with Crippen molar-refractivity contribution in [2.75, 3.05) is 17.7 Å². The van der Waals surface area contributed by atoms with Crippen molar-refractivity contribution in [3.63, 3.8) is 0 Å². The lowest BCUT2D eigenvalue weighted by molar-refractivity contribution is -0.113. The molecule has 0 spiro atoms. The zero-order valence-corrected chi connectivity index (χ0v) is 18.4. The van der Waals surface area contributed by atoms with Crippen LogP contribution in [-0.2, 0) is 16.1 Å². The molecule has 2 aromatic carbocycles. The number of aromatic nitrogens is 1. The van der Waals surface area contributed by atoms with Crippen LogP contribution in [0.2, 0.25) is 0 Å². The SMILES string of the molecule is Cc1cc(C(=O)COC(=O)c2ccc3c(c2)NC(=O)CS3)c(C)n1Cc1ccc(F)cc1. The van der Waals surface area contributed by atoms with Crippen LogP contribution in [-0.4, -0.2) is 34.6 Å². The number of anilines is 1. The number of thioether (sulfide) groups is 1. The van der Waals surface area contributed by atoms with Crippen LogP contribution in [0.25, 0.3) is 0 Å². The van der Waals surface area contributed by atoms with Crippen molar-refractivity contribution in [3.8, 4) is 0 Å². The van der Waals surface area contributed by atoms with Crippen molar-refractivity contribution in [1.29, 1.82) is 0 Å². The molecule has 4 rings (SSSR count). The highest BCUT2D eigenvalue weighted by atomic mass is 32.2. The molecule has 6 nitrogen and oxygen atoms in total. The number of benzene rings is 2. The summed E-state index contributed by atoms with van der Waals surface area (Å²) in [5.41, 5.74) is 3.85. The maximum Gasteiger partial charge on any atom is 0.338 e. The van der Waals surface area contributed by atoms with Crippen molar-refractivity contribution < 1.29 is 23.5 Å². The molecule has 164 valence electrons. The fraction of sp³-hybridized carbons (Fsp3) is 0.208. The number of carbonyl (C=O) groups is 3. The summed E-state index contributed by atoms with van der Waals surface area (Å²) in [4.78, 5) is 37.6. The smallest absolute Gasteiger partial charge is 0.338 e. The molecule has 0 atom stereocenters. The van der Waals surface area contributed by atoms with E-state index in [1.807, 2.05) is 18.4 Å². The van der Waals surface area contributed by atoms with Crippen LogP contribution in [0, 0.1) is 19.7 Å². The number of ether oxygens (including phenoxy) is 1. The van der Waals surface area contributed by atoms with Crippen LogP contribution in [0.15, 0.2) is 53.4 Å². The number of halogens is 1. The van der Waals surface area contributed by atoms with Gasteiger partial charge in [0.25, 0.3) is 0 Å². The molecule has 3 aromatic rings. The number of rotatable bonds is 6. The predicted octanol–water partition coefficient (Wildman–Crippen LogP) is 4.38. The maximum atomic E-state index is 13.2. The third-order valence-corrected chi connectivity index (χ3v) is 6.38. The van der Waals surface area contributed by atoms with Gasteiger partial charge in [0.05, 0.1) is 17.0 Å². The summed E-state index contributed by atoms with van der Waals surface area (Å²) >= 11 is 1.40. The Morgan fingerprint density at radius 3 is 2.62 bits per heavy atom. The summed E-state index contributed by atoms with van der Waals surface area (Å²) in [6.45, 7) is 3.83. The number of fused-ring (bicyclic) bond motifs is 1. The van der Waals surface area contributed by atoms with Gasteiger partial charge in [0.1, 0.15) is 5.82 Å². The van der Waals surface area contributed by atoms with Gasteiger partial charge in [0.15, 0.2) is 6.61 Å². The van der Waals surface area contributed by atoms with E-state index in [9.17, 15) is 18.8 Å². The summed E-state index contributed by atoms with van der Waals surface area (Å²) in [6, 6.07) is 12.9. The molecule has 0 bridgehead atoms. The molecule has 0 fully saturated rings. The number of amides is 1. The molecule has 2 heterocycles. The van der Waals surface area contributed by atoms with E-state index in [2.05, 4.69) is 5.32 Å². The van der Waals surface area contributed by atoms with E-state index in [1.165, 1.54) is 23.9 Å². The lowest BCUT2D eigenvalue weighted by atomic mass is 10.1. The highest BCUT2D eigenvalue weighted by Crippen LogP contribution is 2.32. The normalized spacial score (nSPS) is 12.8. The number of nitrogens with zero attached hydrogens (tertiary/aromatic N) is 1. The zero-order chi connectivity index (χ0) is 22.8. The summed E-state index contributed by atoms with van der Waals surface area (Å²) in [5, 5.41) is 2.73. The molecule has 1 aliphatic heterocycles. The minimum Gasteiger partial charge on any atom is -0.454 e. The summed E-state index contributed by atoms with van der Waals surface area (Å²) in [6.07, 6.45) is 0. The van der Waals surface area contributed by atoms with Crippen molar-refractivity contribution in [2.24, 2.45) is 0 Å². The molecular formula is C24H21FN2O4S. The molecular weight excluding hydrogens is 431 g/mol. The number of esters is 1. The van der Waals surface area contributed by atoms with E-state index in [0.29, 0.717) is 23.5 Å². The highest BCUT2D eigenvalue weighted by Gasteiger charge is 2.20. The first-order valence-corrected chi connectivity index (χ1v) is 11.0. The maximum absolute atomic E-state index is 13.2. The number of Topliss-reactive ketones (excluding diaryl/α,β-unsaturated/α-hetero) is 1. The Morgan fingerprint density at radius 1 is 1.12 bits per heavy atom. The summed E-state index contributed by atoms with van der Waals surface area (Å²) in [7, 11) is 0. The Morgan fingerprint density at radius 2 is 1.88 bits per heavy atom. The van der Waals surface area contributed by atoms with Crippen LogP contribution in [0.4, 0.5) is 10.1 Å². The van der Waals surface area contributed by atoms with Crippen molar-refractivity contribution in [1.82, 2.24) is 4.57 Å². The van der Waals surface area contributed by atoms with E-state index in [-0.39, 0.29) is 23.1 Å². The Balaban J connectivity index is 1.43. The molecule has 32 heavy (non-hydrogen) atoms. The molecule has 1 amide bonds. The third-order valence-electron chi connectivity index (χ3n) is 5.31. The van der Waals surface area contributed by atoms with E-state index < -0.39 is 12.6 Å². The number of carbonyl (C=O) groups excluding carboxylic acids is 3. The fourth-order valence-corrected chi connectivity index (χ4v) is 4.39. The molecule has 0 saturated heterocycles. The van der Waals surface area contributed by atoms with Gasteiger partial charge in [0.2, 0.25) is 11.7 Å². The second-order valence-electron chi connectivity index (χ2n) is 7.54. The third kappa shape index (κ3) is 4.60. The minimum atomic E-state index is -0.633. The molecule has 1 N–H and O–H groups in total. The van der Waals surface area contributed by atoms with E-state index in [1.54, 1.807) is 36.4 Å². The molecule has 8 heteroatoms. The predicted molar refractivity (Wildman–Crippen MR) is 120 cm³/mol. The number of nitrogens with one attached hydrogen (secondary N) is 1. The van der Waals surface area contributed by atoms with Gasteiger partial charge in [-0.25, -0.2) is 9.18 Å². The van der Waals surface area contributed by atoms with Crippen molar-refractivity contribution >= 4 is 35.1 Å². The molecule has 1 aromatic heterocycles. The Labute approximate surface area is 188 Å². The van der Waals surface area contributed by atoms with Crippen LogP contribution < -0.4 is 5.32 Å². The van der Waals surface area contributed by atoms with Crippen LogP contribution >= 0.6 is 11.8 Å². The lowest BCUT2D eigenvalue weighted by Crippen LogP contribution is -2.19. The number of hydrogen-bond acceptors (Lipinski definition) is 5. The first kappa shape index (κ1) is 21.8. The van der Waals surface area contributed by atoms with Gasteiger partial charge >= 0.3 is 5.97 Å². The second kappa shape index (κ2) is 9.00. The van der Waals surface area contributed by atoms with Gasteiger partial charge in [-0.3, -0.25) is 9.59 Å². The van der Waals surface area contributed by atoms with Gasteiger partial charge in [-0.15, -0.1) is 11.8 Å². The van der Waals surface area contributed by atoms with Gasteiger partial charge in [-0.05, 0) is 55.8 Å². The highest BCUT2D eigenvalue weighted by molar-refractivity contribution is 8.00. The topological polar surface area (TPSA) is 77.4 Å². The van der Waals surface area contributed by atoms with Gasteiger partial charge in [-0.2, -0.15) is 0 Å². The Kier molecular flexibility index (Phi) is 6.14. The number of ketones is 1. The molecule has 0 unspecified atom stereocenters. The number of aryl methyl sites for hydroxylation is 1. The lowest BCUT2D eigenvalue weighted by Gasteiger charge is -2.16. The summed E-state index contributed by atoms with van der Waals surface area (Å²) in [5.74, 6) is -1.03. The monoisotopic (exact) mass is 452 g/mol.